The van der Waals surface area contributed by atoms with Gasteiger partial charge in [0.2, 0.25) is 0 Å². The smallest absolute Gasteiger partial charge is 0.0590 e. The van der Waals surface area contributed by atoms with Gasteiger partial charge in [0.1, 0.15) is 0 Å². The summed E-state index contributed by atoms with van der Waals surface area (Å²) >= 11 is 0. The Balaban J connectivity index is 1.82. The topological polar surface area (TPSA) is 21.3 Å². The van der Waals surface area contributed by atoms with Crippen molar-refractivity contribution in [1.29, 1.82) is 0 Å². The lowest BCUT2D eigenvalue weighted by atomic mass is 9.75. The third kappa shape index (κ3) is 3.96. The average Bonchev–Trinajstić information content (AvgIpc) is 2.46. The molecule has 2 heteroatoms. The summed E-state index contributed by atoms with van der Waals surface area (Å²) < 4.78 is 5.91. The predicted molar refractivity (Wildman–Crippen MR) is 76.8 cm³/mol. The Morgan fingerprint density at radius 3 is 2.72 bits per heavy atom. The fourth-order valence-electron chi connectivity index (χ4n) is 3.89. The molecule has 1 heterocycles. The average molecular weight is 253 g/mol. The minimum atomic E-state index is 0.526. The molecule has 1 saturated heterocycles. The van der Waals surface area contributed by atoms with E-state index in [-0.39, 0.29) is 0 Å². The van der Waals surface area contributed by atoms with Crippen LogP contribution in [0, 0.1) is 11.8 Å². The molecule has 1 aliphatic heterocycles. The van der Waals surface area contributed by atoms with E-state index in [1.54, 1.807) is 0 Å². The van der Waals surface area contributed by atoms with Gasteiger partial charge in [0.15, 0.2) is 0 Å². The molecule has 4 unspecified atom stereocenters. The van der Waals surface area contributed by atoms with Gasteiger partial charge in [-0.2, -0.15) is 0 Å². The Kier molecular flexibility index (Phi) is 5.97. The lowest BCUT2D eigenvalue weighted by Gasteiger charge is -2.36. The highest BCUT2D eigenvalue weighted by Crippen LogP contribution is 2.34. The van der Waals surface area contributed by atoms with Gasteiger partial charge < -0.3 is 10.1 Å². The molecule has 0 spiro atoms. The summed E-state index contributed by atoms with van der Waals surface area (Å²) in [6, 6.07) is 0.683. The molecule has 2 fully saturated rings. The van der Waals surface area contributed by atoms with Gasteiger partial charge in [0.05, 0.1) is 6.10 Å². The van der Waals surface area contributed by atoms with Gasteiger partial charge >= 0.3 is 0 Å². The molecule has 0 aromatic carbocycles. The maximum atomic E-state index is 5.91. The van der Waals surface area contributed by atoms with Gasteiger partial charge in [-0.1, -0.05) is 26.2 Å². The second-order valence-corrected chi connectivity index (χ2v) is 6.32. The van der Waals surface area contributed by atoms with E-state index in [2.05, 4.69) is 19.3 Å². The molecule has 0 aromatic heterocycles. The first-order valence-electron chi connectivity index (χ1n) is 8.12. The van der Waals surface area contributed by atoms with Gasteiger partial charge in [-0.05, 0) is 57.4 Å². The molecule has 106 valence electrons. The van der Waals surface area contributed by atoms with E-state index in [9.17, 15) is 0 Å². The summed E-state index contributed by atoms with van der Waals surface area (Å²) in [5.41, 5.74) is 0. The molecule has 2 rings (SSSR count). The van der Waals surface area contributed by atoms with Crippen molar-refractivity contribution in [2.45, 2.75) is 76.9 Å². The molecule has 4 atom stereocenters. The van der Waals surface area contributed by atoms with Crippen LogP contribution in [0.4, 0.5) is 0 Å². The van der Waals surface area contributed by atoms with Crippen LogP contribution in [-0.2, 0) is 4.74 Å². The zero-order valence-corrected chi connectivity index (χ0v) is 12.3. The van der Waals surface area contributed by atoms with Crippen molar-refractivity contribution in [2.75, 3.05) is 13.7 Å². The normalized spacial score (nSPS) is 35.3. The minimum Gasteiger partial charge on any atom is -0.378 e. The fourth-order valence-corrected chi connectivity index (χ4v) is 3.89. The summed E-state index contributed by atoms with van der Waals surface area (Å²) in [5, 5.41) is 3.58. The second-order valence-electron chi connectivity index (χ2n) is 6.32. The predicted octanol–water partition coefficient (Wildman–Crippen LogP) is 3.75. The van der Waals surface area contributed by atoms with E-state index in [4.69, 9.17) is 4.74 Å². The van der Waals surface area contributed by atoms with E-state index < -0.39 is 0 Å². The van der Waals surface area contributed by atoms with Crippen LogP contribution in [0.1, 0.15) is 64.7 Å². The zero-order valence-electron chi connectivity index (χ0n) is 12.3. The second kappa shape index (κ2) is 7.49. The Hall–Kier alpha value is -0.0800. The summed E-state index contributed by atoms with van der Waals surface area (Å²) in [6.45, 7) is 3.34. The van der Waals surface area contributed by atoms with Crippen LogP contribution in [-0.4, -0.2) is 25.8 Å². The Morgan fingerprint density at radius 1 is 1.17 bits per heavy atom. The fraction of sp³-hybridized carbons (Fsp3) is 1.00. The summed E-state index contributed by atoms with van der Waals surface area (Å²) in [7, 11) is 2.14. The highest BCUT2D eigenvalue weighted by atomic mass is 16.5. The van der Waals surface area contributed by atoms with Crippen molar-refractivity contribution in [3.63, 3.8) is 0 Å². The van der Waals surface area contributed by atoms with Gasteiger partial charge in [-0.15, -0.1) is 0 Å². The molecule has 0 aromatic rings. The Bertz CT molecular complexity index is 225. The van der Waals surface area contributed by atoms with Crippen LogP contribution in [0.5, 0.6) is 0 Å². The first-order valence-corrected chi connectivity index (χ1v) is 8.12. The molecule has 2 nitrogen and oxygen atoms in total. The Morgan fingerprint density at radius 2 is 2.06 bits per heavy atom. The van der Waals surface area contributed by atoms with Crippen molar-refractivity contribution < 1.29 is 4.74 Å². The van der Waals surface area contributed by atoms with Crippen LogP contribution in [0.25, 0.3) is 0 Å². The van der Waals surface area contributed by atoms with Crippen molar-refractivity contribution >= 4 is 0 Å². The summed E-state index contributed by atoms with van der Waals surface area (Å²) in [4.78, 5) is 0. The molecule has 0 amide bonds. The van der Waals surface area contributed by atoms with Gasteiger partial charge in [0.25, 0.3) is 0 Å². The number of hydrogen-bond acceptors (Lipinski definition) is 2. The van der Waals surface area contributed by atoms with Crippen LogP contribution in [0.15, 0.2) is 0 Å². The van der Waals surface area contributed by atoms with E-state index in [0.717, 1.165) is 18.4 Å². The first-order chi connectivity index (χ1) is 8.83. The van der Waals surface area contributed by atoms with Crippen LogP contribution in [0.2, 0.25) is 0 Å². The van der Waals surface area contributed by atoms with Crippen molar-refractivity contribution in [3.05, 3.63) is 0 Å². The number of hydrogen-bond donors (Lipinski definition) is 1. The first kappa shape index (κ1) is 14.3. The molecule has 1 saturated carbocycles. The molecule has 0 bridgehead atoms. The number of ether oxygens (including phenoxy) is 1. The lowest BCUT2D eigenvalue weighted by molar-refractivity contribution is -0.000885. The zero-order chi connectivity index (χ0) is 12.8. The highest BCUT2D eigenvalue weighted by Gasteiger charge is 2.29. The quantitative estimate of drug-likeness (QED) is 0.805. The molecular formula is C16H31NO. The van der Waals surface area contributed by atoms with Gasteiger partial charge in [0, 0.05) is 12.6 Å². The summed E-state index contributed by atoms with van der Waals surface area (Å²) in [5.74, 6) is 1.87. The third-order valence-corrected chi connectivity index (χ3v) is 5.13. The molecular weight excluding hydrogens is 222 g/mol. The summed E-state index contributed by atoms with van der Waals surface area (Å²) in [6.07, 6.45) is 12.8. The standard InChI is InChI=1S/C16H31NO/c1-3-13-7-6-8-14(11-13)16(17-2)12-15-9-4-5-10-18-15/h13-17H,3-12H2,1-2H3. The highest BCUT2D eigenvalue weighted by molar-refractivity contribution is 4.84. The van der Waals surface area contributed by atoms with Gasteiger partial charge in [-0.3, -0.25) is 0 Å². The lowest BCUT2D eigenvalue weighted by Crippen LogP contribution is -2.40. The van der Waals surface area contributed by atoms with Crippen molar-refractivity contribution in [3.8, 4) is 0 Å². The maximum absolute atomic E-state index is 5.91. The van der Waals surface area contributed by atoms with Gasteiger partial charge in [-0.25, -0.2) is 0 Å². The van der Waals surface area contributed by atoms with E-state index in [0.29, 0.717) is 12.1 Å². The van der Waals surface area contributed by atoms with Crippen LogP contribution in [0.3, 0.4) is 0 Å². The minimum absolute atomic E-state index is 0.526. The van der Waals surface area contributed by atoms with Crippen LogP contribution >= 0.6 is 0 Å². The monoisotopic (exact) mass is 253 g/mol. The number of rotatable bonds is 5. The van der Waals surface area contributed by atoms with E-state index in [1.165, 1.54) is 57.8 Å². The molecule has 2 aliphatic rings. The number of nitrogens with one attached hydrogen (secondary N) is 1. The Labute approximate surface area is 113 Å². The van der Waals surface area contributed by atoms with Crippen molar-refractivity contribution in [1.82, 2.24) is 5.32 Å². The molecule has 1 aliphatic carbocycles. The van der Waals surface area contributed by atoms with E-state index >= 15 is 0 Å². The maximum Gasteiger partial charge on any atom is 0.0590 e. The SMILES string of the molecule is CCC1CCCC(C(CC2CCCCO2)NC)C1. The molecule has 1 N–H and O–H groups in total. The van der Waals surface area contributed by atoms with Crippen molar-refractivity contribution in [2.24, 2.45) is 11.8 Å². The van der Waals surface area contributed by atoms with E-state index in [1.807, 2.05) is 0 Å². The molecule has 18 heavy (non-hydrogen) atoms. The van der Waals surface area contributed by atoms with Crippen LogP contribution < -0.4 is 5.32 Å². The third-order valence-electron chi connectivity index (χ3n) is 5.13. The molecule has 0 radical (unpaired) electrons. The largest absolute Gasteiger partial charge is 0.378 e.